The molecule has 0 unspecified atom stereocenters. The fourth-order valence-corrected chi connectivity index (χ4v) is 4.11. The molecule has 0 radical (unpaired) electrons. The van der Waals surface area contributed by atoms with Gasteiger partial charge in [0.1, 0.15) is 17.2 Å². The number of anilines is 2. The Morgan fingerprint density at radius 1 is 0.727 bits per heavy atom. The summed E-state index contributed by atoms with van der Waals surface area (Å²) in [5.41, 5.74) is 7.74. The molecule has 3 aromatic carbocycles. The van der Waals surface area contributed by atoms with Crippen LogP contribution in [-0.2, 0) is 0 Å². The third-order valence-corrected chi connectivity index (χ3v) is 5.64. The zero-order chi connectivity index (χ0) is 23.2. The van der Waals surface area contributed by atoms with Gasteiger partial charge in [-0.3, -0.25) is 4.40 Å². The van der Waals surface area contributed by atoms with E-state index in [0.29, 0.717) is 0 Å². The number of fused-ring (bicyclic) bond motifs is 3. The number of aromatic nitrogens is 3. The molecule has 0 aliphatic rings. The minimum atomic E-state index is -0.141. The Kier molecular flexibility index (Phi) is 5.05. The van der Waals surface area contributed by atoms with Gasteiger partial charge in [0.05, 0.1) is 11.0 Å². The smallest absolute Gasteiger partial charge is 0.166 e. The number of benzene rings is 3. The van der Waals surface area contributed by atoms with Gasteiger partial charge >= 0.3 is 0 Å². The Labute approximate surface area is 194 Å². The number of rotatable bonds is 4. The Bertz CT molecular complexity index is 1430. The highest BCUT2D eigenvalue weighted by molar-refractivity contribution is 5.91. The highest BCUT2D eigenvalue weighted by Gasteiger charge is 2.23. The van der Waals surface area contributed by atoms with Crippen LogP contribution < -0.4 is 10.2 Å². The monoisotopic (exact) mass is 435 g/mol. The van der Waals surface area contributed by atoms with Crippen LogP contribution in [0.3, 0.4) is 0 Å². The molecule has 2 heterocycles. The van der Waals surface area contributed by atoms with Gasteiger partial charge in [0, 0.05) is 36.4 Å². The molecule has 5 heteroatoms. The second-order valence-electron chi connectivity index (χ2n) is 9.60. The topological polar surface area (TPSA) is 45.5 Å². The summed E-state index contributed by atoms with van der Waals surface area (Å²) in [4.78, 5) is 12.3. The zero-order valence-electron chi connectivity index (χ0n) is 19.8. The predicted molar refractivity (Wildman–Crippen MR) is 139 cm³/mol. The van der Waals surface area contributed by atoms with Gasteiger partial charge in [0.2, 0.25) is 0 Å². The molecule has 0 bridgehead atoms. The molecule has 0 spiro atoms. The lowest BCUT2D eigenvalue weighted by Crippen LogP contribution is -2.27. The van der Waals surface area contributed by atoms with E-state index in [1.54, 1.807) is 0 Å². The molecule has 5 rings (SSSR count). The van der Waals surface area contributed by atoms with Crippen LogP contribution in [0.1, 0.15) is 20.8 Å². The first kappa shape index (κ1) is 21.0. The molecular formula is C28H29N5. The van der Waals surface area contributed by atoms with E-state index in [9.17, 15) is 0 Å². The molecule has 166 valence electrons. The Morgan fingerprint density at radius 2 is 1.36 bits per heavy atom. The molecule has 1 N–H and O–H groups in total. The van der Waals surface area contributed by atoms with Crippen LogP contribution in [-0.4, -0.2) is 34.0 Å². The van der Waals surface area contributed by atoms with E-state index in [0.717, 1.165) is 50.7 Å². The Hall–Kier alpha value is -3.86. The average molecular weight is 436 g/mol. The standard InChI is InChI=1S/C28H29N5/c1-28(2,3)31-27-25(19-11-7-6-8-12-19)30-26-24(20-15-17-21(18-16-20)32(4)5)29-22-13-9-10-14-23(22)33(26)27/h6-18,31H,1-5H3. The molecule has 5 aromatic rings. The van der Waals surface area contributed by atoms with Crippen molar-refractivity contribution < 1.29 is 0 Å². The zero-order valence-corrected chi connectivity index (χ0v) is 19.8. The van der Waals surface area contributed by atoms with Gasteiger partial charge < -0.3 is 10.2 Å². The first-order chi connectivity index (χ1) is 15.8. The van der Waals surface area contributed by atoms with Crippen molar-refractivity contribution in [3.63, 3.8) is 0 Å². The molecule has 0 saturated heterocycles. The molecule has 33 heavy (non-hydrogen) atoms. The van der Waals surface area contributed by atoms with Crippen molar-refractivity contribution in [3.05, 3.63) is 78.9 Å². The van der Waals surface area contributed by atoms with Crippen LogP contribution in [0.4, 0.5) is 11.5 Å². The van der Waals surface area contributed by atoms with E-state index in [1.165, 1.54) is 0 Å². The summed E-state index contributed by atoms with van der Waals surface area (Å²) in [6.45, 7) is 6.52. The lowest BCUT2D eigenvalue weighted by Gasteiger charge is -2.23. The largest absolute Gasteiger partial charge is 0.378 e. The van der Waals surface area contributed by atoms with Crippen molar-refractivity contribution in [1.29, 1.82) is 0 Å². The van der Waals surface area contributed by atoms with Crippen LogP contribution in [0.2, 0.25) is 0 Å². The maximum Gasteiger partial charge on any atom is 0.166 e. The summed E-state index contributed by atoms with van der Waals surface area (Å²) >= 11 is 0. The summed E-state index contributed by atoms with van der Waals surface area (Å²) < 4.78 is 2.23. The minimum Gasteiger partial charge on any atom is -0.378 e. The van der Waals surface area contributed by atoms with Crippen molar-refractivity contribution in [1.82, 2.24) is 14.4 Å². The van der Waals surface area contributed by atoms with Gasteiger partial charge in [-0.05, 0) is 45.0 Å². The maximum absolute atomic E-state index is 5.18. The van der Waals surface area contributed by atoms with Gasteiger partial charge in [-0.1, -0.05) is 54.6 Å². The van der Waals surface area contributed by atoms with Crippen LogP contribution in [0, 0.1) is 0 Å². The molecular weight excluding hydrogens is 406 g/mol. The average Bonchev–Trinajstić information content (AvgIpc) is 3.17. The van der Waals surface area contributed by atoms with Gasteiger partial charge in [-0.15, -0.1) is 0 Å². The summed E-state index contributed by atoms with van der Waals surface area (Å²) in [6.07, 6.45) is 0. The van der Waals surface area contributed by atoms with Gasteiger partial charge in [-0.25, -0.2) is 9.97 Å². The number of para-hydroxylation sites is 2. The number of hydrogen-bond donors (Lipinski definition) is 1. The van der Waals surface area contributed by atoms with Crippen molar-refractivity contribution in [2.24, 2.45) is 0 Å². The van der Waals surface area contributed by atoms with E-state index in [1.807, 2.05) is 26.2 Å². The quantitative estimate of drug-likeness (QED) is 0.350. The lowest BCUT2D eigenvalue weighted by molar-refractivity contribution is 0.630. The van der Waals surface area contributed by atoms with E-state index >= 15 is 0 Å². The number of imidazole rings is 1. The highest BCUT2D eigenvalue weighted by Crippen LogP contribution is 2.36. The fourth-order valence-electron chi connectivity index (χ4n) is 4.11. The van der Waals surface area contributed by atoms with E-state index < -0.39 is 0 Å². The lowest BCUT2D eigenvalue weighted by atomic mass is 10.1. The molecule has 0 saturated carbocycles. The van der Waals surface area contributed by atoms with Crippen molar-refractivity contribution in [2.75, 3.05) is 24.3 Å². The Morgan fingerprint density at radius 3 is 2.03 bits per heavy atom. The van der Waals surface area contributed by atoms with Gasteiger partial charge in [-0.2, -0.15) is 0 Å². The molecule has 5 nitrogen and oxygen atoms in total. The molecule has 0 aliphatic heterocycles. The van der Waals surface area contributed by atoms with Gasteiger partial charge in [0.15, 0.2) is 5.65 Å². The van der Waals surface area contributed by atoms with Crippen LogP contribution in [0.25, 0.3) is 39.2 Å². The normalized spacial score (nSPS) is 11.8. The van der Waals surface area contributed by atoms with Crippen LogP contribution in [0.15, 0.2) is 78.9 Å². The number of nitrogens with one attached hydrogen (secondary N) is 1. The van der Waals surface area contributed by atoms with Crippen LogP contribution >= 0.6 is 0 Å². The third kappa shape index (κ3) is 3.91. The van der Waals surface area contributed by atoms with E-state index in [2.05, 4.69) is 102 Å². The first-order valence-corrected chi connectivity index (χ1v) is 11.2. The van der Waals surface area contributed by atoms with Crippen LogP contribution in [0.5, 0.6) is 0 Å². The third-order valence-electron chi connectivity index (χ3n) is 5.64. The predicted octanol–water partition coefficient (Wildman–Crippen LogP) is 6.49. The van der Waals surface area contributed by atoms with Crippen molar-refractivity contribution in [3.8, 4) is 22.5 Å². The van der Waals surface area contributed by atoms with Gasteiger partial charge in [0.25, 0.3) is 0 Å². The summed E-state index contributed by atoms with van der Waals surface area (Å²) in [7, 11) is 4.10. The summed E-state index contributed by atoms with van der Waals surface area (Å²) in [6, 6.07) is 27.1. The second kappa shape index (κ2) is 7.93. The summed E-state index contributed by atoms with van der Waals surface area (Å²) in [5.74, 6) is 0.980. The number of hydrogen-bond acceptors (Lipinski definition) is 4. The molecule has 0 fully saturated rings. The van der Waals surface area contributed by atoms with Crippen molar-refractivity contribution in [2.45, 2.75) is 26.3 Å². The second-order valence-corrected chi connectivity index (χ2v) is 9.60. The Balaban J connectivity index is 1.87. The van der Waals surface area contributed by atoms with Crippen molar-refractivity contribution >= 4 is 28.2 Å². The molecule has 0 aliphatic carbocycles. The SMILES string of the molecule is CN(C)c1ccc(-c2nc3ccccc3n3c(NC(C)(C)C)c(-c4ccccc4)nc23)cc1. The van der Waals surface area contributed by atoms with E-state index in [4.69, 9.17) is 9.97 Å². The van der Waals surface area contributed by atoms with E-state index in [-0.39, 0.29) is 5.54 Å². The molecule has 0 amide bonds. The number of nitrogens with zero attached hydrogens (tertiary/aromatic N) is 4. The molecule has 2 aromatic heterocycles. The fraction of sp³-hybridized carbons (Fsp3) is 0.214. The first-order valence-electron chi connectivity index (χ1n) is 11.2. The highest BCUT2D eigenvalue weighted by atomic mass is 15.2. The minimum absolute atomic E-state index is 0.141. The summed E-state index contributed by atoms with van der Waals surface area (Å²) in [5, 5.41) is 3.73. The molecule has 0 atom stereocenters. The maximum atomic E-state index is 5.18.